The second-order valence-corrected chi connectivity index (χ2v) is 6.02. The van der Waals surface area contributed by atoms with Crippen LogP contribution in [-0.4, -0.2) is 28.9 Å². The molecule has 0 saturated carbocycles. The normalized spacial score (nSPS) is 12.7. The maximum atomic E-state index is 12.2. The lowest BCUT2D eigenvalue weighted by molar-refractivity contribution is -0.120. The Kier molecular flexibility index (Phi) is 4.57. The Morgan fingerprint density at radius 3 is 2.85 bits per heavy atom. The number of likely N-dealkylation sites (N-methyl/N-ethyl adjacent to an activating group) is 1. The van der Waals surface area contributed by atoms with Gasteiger partial charge in [0.25, 0.3) is 0 Å². The van der Waals surface area contributed by atoms with E-state index in [0.717, 1.165) is 16.3 Å². The van der Waals surface area contributed by atoms with Crippen molar-refractivity contribution in [2.75, 3.05) is 12.4 Å². The van der Waals surface area contributed by atoms with E-state index in [1.807, 2.05) is 44.9 Å². The summed E-state index contributed by atoms with van der Waals surface area (Å²) in [6.45, 7) is 6.40. The number of anilines is 1. The molecule has 1 amide bonds. The van der Waals surface area contributed by atoms with Gasteiger partial charge in [-0.15, -0.1) is 11.3 Å². The topological polar surface area (TPSA) is 58.4 Å². The highest BCUT2D eigenvalue weighted by Gasteiger charge is 2.20. The van der Waals surface area contributed by atoms with Crippen molar-refractivity contribution in [3.63, 3.8) is 0 Å². The summed E-state index contributed by atoms with van der Waals surface area (Å²) in [5.41, 5.74) is 0.960. The van der Waals surface area contributed by atoms with Gasteiger partial charge in [0.1, 0.15) is 5.76 Å². The van der Waals surface area contributed by atoms with Crippen LogP contribution in [0.15, 0.2) is 22.8 Å². The number of aryl methyl sites for hydroxylation is 2. The summed E-state index contributed by atoms with van der Waals surface area (Å²) in [6, 6.07) is 3.48. The van der Waals surface area contributed by atoms with Gasteiger partial charge in [0.15, 0.2) is 5.13 Å². The molecule has 0 aliphatic heterocycles. The summed E-state index contributed by atoms with van der Waals surface area (Å²) >= 11 is 1.50. The van der Waals surface area contributed by atoms with Crippen molar-refractivity contribution >= 4 is 22.4 Å². The largest absolute Gasteiger partial charge is 0.468 e. The summed E-state index contributed by atoms with van der Waals surface area (Å²) < 4.78 is 5.29. The highest BCUT2D eigenvalue weighted by atomic mass is 32.1. The fourth-order valence-corrected chi connectivity index (χ4v) is 2.54. The van der Waals surface area contributed by atoms with E-state index in [9.17, 15) is 4.79 Å². The molecule has 2 heterocycles. The molecule has 1 atom stereocenters. The summed E-state index contributed by atoms with van der Waals surface area (Å²) in [5.74, 6) is 0.779. The van der Waals surface area contributed by atoms with Gasteiger partial charge in [-0.25, -0.2) is 4.98 Å². The minimum Gasteiger partial charge on any atom is -0.468 e. The highest BCUT2D eigenvalue weighted by Crippen LogP contribution is 2.21. The highest BCUT2D eigenvalue weighted by molar-refractivity contribution is 7.15. The van der Waals surface area contributed by atoms with Gasteiger partial charge >= 0.3 is 0 Å². The van der Waals surface area contributed by atoms with Crippen LogP contribution in [-0.2, 0) is 11.3 Å². The molecule has 0 aliphatic rings. The second kappa shape index (κ2) is 6.19. The van der Waals surface area contributed by atoms with Crippen LogP contribution in [0, 0.1) is 13.8 Å². The average molecular weight is 293 g/mol. The molecule has 0 saturated heterocycles. The van der Waals surface area contributed by atoms with E-state index in [-0.39, 0.29) is 11.9 Å². The van der Waals surface area contributed by atoms with Crippen molar-refractivity contribution in [3.05, 3.63) is 34.7 Å². The van der Waals surface area contributed by atoms with Crippen molar-refractivity contribution in [1.82, 2.24) is 9.88 Å². The van der Waals surface area contributed by atoms with Crippen LogP contribution in [0.5, 0.6) is 0 Å². The molecule has 1 unspecified atom stereocenters. The van der Waals surface area contributed by atoms with Crippen LogP contribution < -0.4 is 5.32 Å². The standard InChI is InChI=1S/C14H19N3O2S/c1-9-11(3)20-14(15-9)16-13(18)10(2)17(4)8-12-6-5-7-19-12/h5-7,10H,8H2,1-4H3,(H,15,16,18). The predicted octanol–water partition coefficient (Wildman–Crippen LogP) is 2.81. The van der Waals surface area contributed by atoms with Crippen LogP contribution in [0.3, 0.4) is 0 Å². The molecule has 0 spiro atoms. The molecule has 2 rings (SSSR count). The number of carbonyl (C=O) groups is 1. The molecule has 0 aromatic carbocycles. The molecule has 0 aliphatic carbocycles. The first kappa shape index (κ1) is 14.7. The van der Waals surface area contributed by atoms with E-state index in [2.05, 4.69) is 10.3 Å². The number of aromatic nitrogens is 1. The molecule has 0 bridgehead atoms. The minimum atomic E-state index is -0.260. The Morgan fingerprint density at radius 1 is 1.55 bits per heavy atom. The van der Waals surface area contributed by atoms with Gasteiger partial charge in [0, 0.05) is 4.88 Å². The zero-order valence-electron chi connectivity index (χ0n) is 12.1. The molecule has 2 aromatic rings. The number of amides is 1. The number of carbonyl (C=O) groups excluding carboxylic acids is 1. The van der Waals surface area contributed by atoms with Crippen LogP contribution >= 0.6 is 11.3 Å². The third-order valence-electron chi connectivity index (χ3n) is 3.28. The summed E-state index contributed by atoms with van der Waals surface area (Å²) in [4.78, 5) is 19.6. The fourth-order valence-electron chi connectivity index (χ4n) is 1.72. The SMILES string of the molecule is Cc1nc(NC(=O)C(C)N(C)Cc2ccco2)sc1C. The lowest BCUT2D eigenvalue weighted by atomic mass is 10.2. The molecule has 6 heteroatoms. The Balaban J connectivity index is 1.94. The van der Waals surface area contributed by atoms with Gasteiger partial charge in [-0.1, -0.05) is 0 Å². The van der Waals surface area contributed by atoms with Gasteiger partial charge in [-0.05, 0) is 40.0 Å². The third-order valence-corrected chi connectivity index (χ3v) is 4.27. The fraction of sp³-hybridized carbons (Fsp3) is 0.429. The molecular weight excluding hydrogens is 274 g/mol. The molecule has 5 nitrogen and oxygen atoms in total. The van der Waals surface area contributed by atoms with Crippen molar-refractivity contribution < 1.29 is 9.21 Å². The van der Waals surface area contributed by atoms with E-state index in [0.29, 0.717) is 11.7 Å². The number of furan rings is 1. The van der Waals surface area contributed by atoms with Crippen molar-refractivity contribution in [3.8, 4) is 0 Å². The lowest BCUT2D eigenvalue weighted by Gasteiger charge is -2.22. The van der Waals surface area contributed by atoms with Crippen LogP contribution in [0.4, 0.5) is 5.13 Å². The molecule has 20 heavy (non-hydrogen) atoms. The average Bonchev–Trinajstić information content (AvgIpc) is 2.99. The van der Waals surface area contributed by atoms with Crippen molar-refractivity contribution in [2.24, 2.45) is 0 Å². The van der Waals surface area contributed by atoms with E-state index < -0.39 is 0 Å². The second-order valence-electron chi connectivity index (χ2n) is 4.82. The maximum Gasteiger partial charge on any atom is 0.243 e. The molecular formula is C14H19N3O2S. The van der Waals surface area contributed by atoms with Crippen molar-refractivity contribution in [1.29, 1.82) is 0 Å². The van der Waals surface area contributed by atoms with Gasteiger partial charge in [0.05, 0.1) is 24.5 Å². The van der Waals surface area contributed by atoms with Crippen molar-refractivity contribution in [2.45, 2.75) is 33.4 Å². The van der Waals surface area contributed by atoms with Crippen LogP contribution in [0.1, 0.15) is 23.3 Å². The first-order chi connectivity index (χ1) is 9.47. The van der Waals surface area contributed by atoms with Gasteiger partial charge in [-0.3, -0.25) is 9.69 Å². The Morgan fingerprint density at radius 2 is 2.30 bits per heavy atom. The van der Waals surface area contributed by atoms with E-state index in [1.54, 1.807) is 6.26 Å². The van der Waals surface area contributed by atoms with Gasteiger partial charge in [0.2, 0.25) is 5.91 Å². The Hall–Kier alpha value is -1.66. The van der Waals surface area contributed by atoms with E-state index >= 15 is 0 Å². The van der Waals surface area contributed by atoms with E-state index in [1.165, 1.54) is 11.3 Å². The Bertz CT molecular complexity index is 558. The predicted molar refractivity (Wildman–Crippen MR) is 79.9 cm³/mol. The van der Waals surface area contributed by atoms with Gasteiger partial charge in [-0.2, -0.15) is 0 Å². The first-order valence-electron chi connectivity index (χ1n) is 6.45. The summed E-state index contributed by atoms with van der Waals surface area (Å²) in [5, 5.41) is 3.52. The third kappa shape index (κ3) is 3.46. The van der Waals surface area contributed by atoms with Crippen LogP contribution in [0.25, 0.3) is 0 Å². The molecule has 0 fully saturated rings. The summed E-state index contributed by atoms with van der Waals surface area (Å²) in [7, 11) is 1.89. The number of nitrogens with zero attached hydrogens (tertiary/aromatic N) is 2. The number of hydrogen-bond acceptors (Lipinski definition) is 5. The minimum absolute atomic E-state index is 0.0622. The monoisotopic (exact) mass is 293 g/mol. The molecule has 108 valence electrons. The smallest absolute Gasteiger partial charge is 0.243 e. The number of thiazole rings is 1. The molecule has 2 aromatic heterocycles. The summed E-state index contributed by atoms with van der Waals surface area (Å²) in [6.07, 6.45) is 1.63. The zero-order chi connectivity index (χ0) is 14.7. The van der Waals surface area contributed by atoms with E-state index in [4.69, 9.17) is 4.42 Å². The number of nitrogens with one attached hydrogen (secondary N) is 1. The lowest BCUT2D eigenvalue weighted by Crippen LogP contribution is -2.39. The molecule has 0 radical (unpaired) electrons. The number of rotatable bonds is 5. The van der Waals surface area contributed by atoms with Gasteiger partial charge < -0.3 is 9.73 Å². The molecule has 1 N–H and O–H groups in total. The zero-order valence-corrected chi connectivity index (χ0v) is 13.0. The quantitative estimate of drug-likeness (QED) is 0.921. The maximum absolute atomic E-state index is 12.2. The Labute approximate surface area is 122 Å². The van der Waals surface area contributed by atoms with Crippen LogP contribution in [0.2, 0.25) is 0 Å². The number of hydrogen-bond donors (Lipinski definition) is 1. The first-order valence-corrected chi connectivity index (χ1v) is 7.26.